The lowest BCUT2D eigenvalue weighted by Crippen LogP contribution is -2.56. The summed E-state index contributed by atoms with van der Waals surface area (Å²) >= 11 is 0. The Morgan fingerprint density at radius 2 is 2.35 bits per heavy atom. The van der Waals surface area contributed by atoms with Gasteiger partial charge in [0.25, 0.3) is 5.91 Å². The van der Waals surface area contributed by atoms with E-state index in [1.807, 2.05) is 23.1 Å². The van der Waals surface area contributed by atoms with Crippen LogP contribution in [0.1, 0.15) is 15.9 Å². The van der Waals surface area contributed by atoms with E-state index < -0.39 is 0 Å². The van der Waals surface area contributed by atoms with E-state index in [9.17, 15) is 4.79 Å². The third kappa shape index (κ3) is 1.69. The van der Waals surface area contributed by atoms with Crippen LogP contribution in [0.2, 0.25) is 0 Å². The summed E-state index contributed by atoms with van der Waals surface area (Å²) in [5.41, 5.74) is 1.95. The summed E-state index contributed by atoms with van der Waals surface area (Å²) in [7, 11) is 1.63. The van der Waals surface area contributed by atoms with Crippen molar-refractivity contribution in [3.8, 4) is 5.75 Å². The molecule has 0 radical (unpaired) electrons. The number of benzene rings is 1. The molecule has 1 fully saturated rings. The van der Waals surface area contributed by atoms with Gasteiger partial charge in [0, 0.05) is 31.2 Å². The Morgan fingerprint density at radius 1 is 1.47 bits per heavy atom. The number of ether oxygens (including phenoxy) is 1. The van der Waals surface area contributed by atoms with Crippen molar-refractivity contribution in [2.45, 2.75) is 12.5 Å². The summed E-state index contributed by atoms with van der Waals surface area (Å²) < 4.78 is 5.18. The maximum Gasteiger partial charge on any atom is 0.254 e. The first kappa shape index (κ1) is 10.6. The van der Waals surface area contributed by atoms with Gasteiger partial charge < -0.3 is 15.0 Å². The van der Waals surface area contributed by atoms with Crippen molar-refractivity contribution >= 4 is 5.91 Å². The van der Waals surface area contributed by atoms with Crippen LogP contribution >= 0.6 is 0 Å². The summed E-state index contributed by atoms with van der Waals surface area (Å²) in [6.45, 7) is 2.60. The predicted octanol–water partition coefficient (Wildman–Crippen LogP) is 0.665. The van der Waals surface area contributed by atoms with E-state index in [0.717, 1.165) is 42.9 Å². The summed E-state index contributed by atoms with van der Waals surface area (Å²) in [5, 5.41) is 3.34. The molecular formula is C13H16N2O2. The molecule has 17 heavy (non-hydrogen) atoms. The van der Waals surface area contributed by atoms with Gasteiger partial charge in [0.2, 0.25) is 0 Å². The Balaban J connectivity index is 2.00. The number of piperazine rings is 1. The zero-order chi connectivity index (χ0) is 11.8. The quantitative estimate of drug-likeness (QED) is 0.773. The smallest absolute Gasteiger partial charge is 0.254 e. The Hall–Kier alpha value is -1.55. The average Bonchev–Trinajstić information content (AvgIpc) is 2.39. The highest BCUT2D eigenvalue weighted by Gasteiger charge is 2.33. The van der Waals surface area contributed by atoms with Crippen LogP contribution in [0.5, 0.6) is 5.75 Å². The third-order valence-electron chi connectivity index (χ3n) is 3.61. The molecule has 0 spiro atoms. The summed E-state index contributed by atoms with van der Waals surface area (Å²) in [5.74, 6) is 0.905. The molecule has 1 N–H and O–H groups in total. The van der Waals surface area contributed by atoms with Crippen molar-refractivity contribution in [3.63, 3.8) is 0 Å². The molecule has 4 heteroatoms. The van der Waals surface area contributed by atoms with Crippen LogP contribution in [0, 0.1) is 0 Å². The molecule has 1 aromatic carbocycles. The average molecular weight is 232 g/mol. The van der Waals surface area contributed by atoms with Gasteiger partial charge in [-0.1, -0.05) is 6.07 Å². The minimum Gasteiger partial charge on any atom is -0.497 e. The van der Waals surface area contributed by atoms with E-state index in [2.05, 4.69) is 5.32 Å². The van der Waals surface area contributed by atoms with Crippen molar-refractivity contribution in [2.24, 2.45) is 0 Å². The van der Waals surface area contributed by atoms with Crippen molar-refractivity contribution in [3.05, 3.63) is 29.3 Å². The maximum atomic E-state index is 12.4. The molecule has 1 atom stereocenters. The van der Waals surface area contributed by atoms with E-state index in [1.54, 1.807) is 7.11 Å². The Morgan fingerprint density at radius 3 is 3.18 bits per heavy atom. The molecule has 0 saturated carbocycles. The van der Waals surface area contributed by atoms with E-state index in [-0.39, 0.29) is 5.91 Å². The summed E-state index contributed by atoms with van der Waals surface area (Å²) in [6.07, 6.45) is 0.943. The van der Waals surface area contributed by atoms with Gasteiger partial charge >= 0.3 is 0 Å². The van der Waals surface area contributed by atoms with Gasteiger partial charge in [-0.2, -0.15) is 0 Å². The molecule has 4 nitrogen and oxygen atoms in total. The Kier molecular flexibility index (Phi) is 2.52. The molecule has 2 aliphatic heterocycles. The van der Waals surface area contributed by atoms with Crippen LogP contribution in [0.3, 0.4) is 0 Å². The highest BCUT2D eigenvalue weighted by atomic mass is 16.5. The standard InChI is InChI=1S/C13H16N2O2/c1-17-11-3-2-9-6-10-8-14-4-5-15(10)13(16)12(9)7-11/h2-3,7,10,14H,4-6,8H2,1H3/t10-/m1/s1. The highest BCUT2D eigenvalue weighted by molar-refractivity contribution is 5.97. The zero-order valence-corrected chi connectivity index (χ0v) is 9.90. The molecule has 1 amide bonds. The number of nitrogens with zero attached hydrogens (tertiary/aromatic N) is 1. The Bertz CT molecular complexity index is 459. The fraction of sp³-hybridized carbons (Fsp3) is 0.462. The van der Waals surface area contributed by atoms with E-state index in [0.29, 0.717) is 6.04 Å². The first-order valence-corrected chi connectivity index (χ1v) is 5.98. The summed E-state index contributed by atoms with van der Waals surface area (Å²) in [6, 6.07) is 6.11. The second-order valence-corrected chi connectivity index (χ2v) is 4.58. The first-order chi connectivity index (χ1) is 8.29. The van der Waals surface area contributed by atoms with E-state index >= 15 is 0 Å². The SMILES string of the molecule is COc1ccc2c(c1)C(=O)N1CCNC[C@H]1C2. The fourth-order valence-electron chi connectivity index (χ4n) is 2.68. The number of hydrogen-bond acceptors (Lipinski definition) is 3. The molecule has 0 bridgehead atoms. The minimum atomic E-state index is 0.150. The highest BCUT2D eigenvalue weighted by Crippen LogP contribution is 2.27. The lowest BCUT2D eigenvalue weighted by molar-refractivity contribution is 0.0606. The molecular weight excluding hydrogens is 216 g/mol. The molecule has 0 aromatic heterocycles. The molecule has 1 aromatic rings. The number of carbonyl (C=O) groups excluding carboxylic acids is 1. The number of amides is 1. The first-order valence-electron chi connectivity index (χ1n) is 5.98. The minimum absolute atomic E-state index is 0.150. The largest absolute Gasteiger partial charge is 0.497 e. The van der Waals surface area contributed by atoms with Crippen molar-refractivity contribution in [2.75, 3.05) is 26.7 Å². The van der Waals surface area contributed by atoms with Gasteiger partial charge in [-0.15, -0.1) is 0 Å². The number of methoxy groups -OCH3 is 1. The van der Waals surface area contributed by atoms with Crippen LogP contribution in [0.4, 0.5) is 0 Å². The van der Waals surface area contributed by atoms with Crippen LogP contribution < -0.4 is 10.1 Å². The molecule has 1 saturated heterocycles. The van der Waals surface area contributed by atoms with Gasteiger partial charge in [0.05, 0.1) is 7.11 Å². The number of rotatable bonds is 1. The fourth-order valence-corrected chi connectivity index (χ4v) is 2.68. The van der Waals surface area contributed by atoms with Crippen LogP contribution in [0.15, 0.2) is 18.2 Å². The third-order valence-corrected chi connectivity index (χ3v) is 3.61. The van der Waals surface area contributed by atoms with Crippen LogP contribution in [-0.4, -0.2) is 43.6 Å². The van der Waals surface area contributed by atoms with Crippen molar-refractivity contribution < 1.29 is 9.53 Å². The van der Waals surface area contributed by atoms with Crippen molar-refractivity contribution in [1.82, 2.24) is 10.2 Å². The zero-order valence-electron chi connectivity index (χ0n) is 9.90. The molecule has 0 aliphatic carbocycles. The molecule has 0 unspecified atom stereocenters. The molecule has 3 rings (SSSR count). The van der Waals surface area contributed by atoms with E-state index in [4.69, 9.17) is 4.74 Å². The number of fused-ring (bicyclic) bond motifs is 2. The maximum absolute atomic E-state index is 12.4. The lowest BCUT2D eigenvalue weighted by Gasteiger charge is -2.40. The molecule has 2 aliphatic rings. The molecule has 2 heterocycles. The number of carbonyl (C=O) groups is 1. The van der Waals surface area contributed by atoms with Crippen LogP contribution in [0.25, 0.3) is 0 Å². The van der Waals surface area contributed by atoms with Crippen molar-refractivity contribution in [1.29, 1.82) is 0 Å². The van der Waals surface area contributed by atoms with Gasteiger partial charge in [-0.3, -0.25) is 4.79 Å². The second-order valence-electron chi connectivity index (χ2n) is 4.58. The normalized spacial score (nSPS) is 23.0. The predicted molar refractivity (Wildman–Crippen MR) is 64.4 cm³/mol. The Labute approximate surface area is 101 Å². The van der Waals surface area contributed by atoms with Gasteiger partial charge in [0.1, 0.15) is 5.75 Å². The van der Waals surface area contributed by atoms with Gasteiger partial charge in [0.15, 0.2) is 0 Å². The topological polar surface area (TPSA) is 41.6 Å². The van der Waals surface area contributed by atoms with Gasteiger partial charge in [-0.25, -0.2) is 0 Å². The summed E-state index contributed by atoms with van der Waals surface area (Å²) in [4.78, 5) is 14.3. The van der Waals surface area contributed by atoms with Gasteiger partial charge in [-0.05, 0) is 24.1 Å². The second kappa shape index (κ2) is 4.04. The lowest BCUT2D eigenvalue weighted by atomic mass is 9.92. The monoisotopic (exact) mass is 232 g/mol. The molecule has 90 valence electrons. The number of hydrogen-bond donors (Lipinski definition) is 1. The number of nitrogens with one attached hydrogen (secondary N) is 1. The van der Waals surface area contributed by atoms with Crippen LogP contribution in [-0.2, 0) is 6.42 Å². The van der Waals surface area contributed by atoms with E-state index in [1.165, 1.54) is 0 Å².